The second kappa shape index (κ2) is 6.36. The summed E-state index contributed by atoms with van der Waals surface area (Å²) in [6.45, 7) is 4.20. The molecule has 0 aromatic carbocycles. The van der Waals surface area contributed by atoms with Crippen LogP contribution in [-0.4, -0.2) is 36.5 Å². The fraction of sp³-hybridized carbons (Fsp3) is 0.923. The van der Waals surface area contributed by atoms with E-state index in [0.717, 1.165) is 19.3 Å². The zero-order valence-electron chi connectivity index (χ0n) is 11.1. The molecule has 1 saturated carbocycles. The van der Waals surface area contributed by atoms with Gasteiger partial charge in [0.25, 0.3) is 0 Å². The van der Waals surface area contributed by atoms with Crippen molar-refractivity contribution in [1.29, 1.82) is 0 Å². The molecule has 4 nitrogen and oxygen atoms in total. The van der Waals surface area contributed by atoms with E-state index >= 15 is 0 Å². The molecule has 3 unspecified atom stereocenters. The van der Waals surface area contributed by atoms with Crippen LogP contribution in [0.15, 0.2) is 0 Å². The fourth-order valence-electron chi connectivity index (χ4n) is 2.30. The minimum absolute atomic E-state index is 0.0710. The van der Waals surface area contributed by atoms with E-state index < -0.39 is 11.6 Å². The van der Waals surface area contributed by atoms with Gasteiger partial charge in [0.15, 0.2) is 5.60 Å². The summed E-state index contributed by atoms with van der Waals surface area (Å²) < 4.78 is 10.8. The fourth-order valence-corrected chi connectivity index (χ4v) is 2.30. The number of aliphatic carboxylic acids is 1. The maximum Gasteiger partial charge on any atom is 0.335 e. The molecule has 17 heavy (non-hydrogen) atoms. The first-order valence-electron chi connectivity index (χ1n) is 6.40. The minimum atomic E-state index is -1.12. The highest BCUT2D eigenvalue weighted by Crippen LogP contribution is 2.31. The molecule has 0 aromatic heterocycles. The van der Waals surface area contributed by atoms with Crippen LogP contribution < -0.4 is 0 Å². The van der Waals surface area contributed by atoms with Crippen molar-refractivity contribution in [2.24, 2.45) is 5.92 Å². The molecule has 100 valence electrons. The normalized spacial score (nSPS) is 28.6. The van der Waals surface area contributed by atoms with Gasteiger partial charge in [-0.2, -0.15) is 0 Å². The Morgan fingerprint density at radius 1 is 1.41 bits per heavy atom. The van der Waals surface area contributed by atoms with Gasteiger partial charge in [0.1, 0.15) is 0 Å². The van der Waals surface area contributed by atoms with Gasteiger partial charge < -0.3 is 14.6 Å². The Balaban J connectivity index is 2.61. The van der Waals surface area contributed by atoms with Gasteiger partial charge in [0.2, 0.25) is 0 Å². The third-order valence-corrected chi connectivity index (χ3v) is 3.68. The standard InChI is InChI=1S/C13H24O4/c1-10-6-4-5-7-11(10)17-13(2,12(14)15)8-9-16-3/h10-11H,4-9H2,1-3H3,(H,14,15). The summed E-state index contributed by atoms with van der Waals surface area (Å²) in [5, 5.41) is 9.30. The molecule has 0 spiro atoms. The quantitative estimate of drug-likeness (QED) is 0.779. The van der Waals surface area contributed by atoms with Crippen LogP contribution >= 0.6 is 0 Å². The summed E-state index contributed by atoms with van der Waals surface area (Å²) in [7, 11) is 1.57. The van der Waals surface area contributed by atoms with Crippen molar-refractivity contribution in [3.63, 3.8) is 0 Å². The van der Waals surface area contributed by atoms with Crippen LogP contribution in [0.3, 0.4) is 0 Å². The zero-order valence-corrected chi connectivity index (χ0v) is 11.1. The van der Waals surface area contributed by atoms with E-state index in [0.29, 0.717) is 18.9 Å². The lowest BCUT2D eigenvalue weighted by molar-refractivity contribution is -0.180. The van der Waals surface area contributed by atoms with E-state index in [1.807, 2.05) is 0 Å². The van der Waals surface area contributed by atoms with Crippen molar-refractivity contribution in [2.75, 3.05) is 13.7 Å². The molecule has 1 fully saturated rings. The Morgan fingerprint density at radius 3 is 2.59 bits per heavy atom. The second-order valence-electron chi connectivity index (χ2n) is 5.20. The number of hydrogen-bond acceptors (Lipinski definition) is 3. The van der Waals surface area contributed by atoms with Gasteiger partial charge in [-0.3, -0.25) is 0 Å². The first-order chi connectivity index (χ1) is 7.99. The first kappa shape index (κ1) is 14.5. The highest BCUT2D eigenvalue weighted by atomic mass is 16.5. The van der Waals surface area contributed by atoms with Crippen molar-refractivity contribution in [1.82, 2.24) is 0 Å². The number of carboxylic acids is 1. The molecular formula is C13H24O4. The molecule has 0 saturated heterocycles. The summed E-state index contributed by atoms with van der Waals surface area (Å²) in [5.74, 6) is -0.447. The van der Waals surface area contributed by atoms with E-state index in [9.17, 15) is 9.90 Å². The summed E-state index contributed by atoms with van der Waals surface area (Å²) >= 11 is 0. The lowest BCUT2D eigenvalue weighted by Crippen LogP contribution is -2.44. The molecule has 0 radical (unpaired) electrons. The molecule has 0 heterocycles. The van der Waals surface area contributed by atoms with Crippen LogP contribution in [0.2, 0.25) is 0 Å². The Morgan fingerprint density at radius 2 is 2.06 bits per heavy atom. The average Bonchev–Trinajstić information content (AvgIpc) is 2.29. The third-order valence-electron chi connectivity index (χ3n) is 3.68. The molecule has 0 bridgehead atoms. The van der Waals surface area contributed by atoms with Crippen molar-refractivity contribution < 1.29 is 19.4 Å². The predicted octanol–water partition coefficient (Wildman–Crippen LogP) is 2.46. The topological polar surface area (TPSA) is 55.8 Å². The third kappa shape index (κ3) is 3.96. The molecule has 0 amide bonds. The van der Waals surface area contributed by atoms with Gasteiger partial charge in [-0.1, -0.05) is 19.8 Å². The zero-order chi connectivity index (χ0) is 12.9. The van der Waals surface area contributed by atoms with Gasteiger partial charge in [-0.25, -0.2) is 4.79 Å². The van der Waals surface area contributed by atoms with E-state index in [-0.39, 0.29) is 6.10 Å². The SMILES string of the molecule is COCCC(C)(OC1CCCCC1C)C(=O)O. The van der Waals surface area contributed by atoms with E-state index in [1.165, 1.54) is 6.42 Å². The van der Waals surface area contributed by atoms with Crippen molar-refractivity contribution >= 4 is 5.97 Å². The van der Waals surface area contributed by atoms with Crippen LogP contribution in [0.5, 0.6) is 0 Å². The van der Waals surface area contributed by atoms with Gasteiger partial charge in [-0.05, 0) is 25.7 Å². The Kier molecular flexibility index (Phi) is 5.40. The van der Waals surface area contributed by atoms with Crippen LogP contribution in [0.4, 0.5) is 0 Å². The maximum absolute atomic E-state index is 11.3. The number of hydrogen-bond donors (Lipinski definition) is 1. The molecule has 3 atom stereocenters. The average molecular weight is 244 g/mol. The number of rotatable bonds is 6. The van der Waals surface area contributed by atoms with Crippen LogP contribution in [0.1, 0.15) is 46.0 Å². The van der Waals surface area contributed by atoms with Gasteiger partial charge >= 0.3 is 5.97 Å². The van der Waals surface area contributed by atoms with Crippen LogP contribution in [0, 0.1) is 5.92 Å². The van der Waals surface area contributed by atoms with Crippen molar-refractivity contribution in [2.45, 2.75) is 57.7 Å². The lowest BCUT2D eigenvalue weighted by Gasteiger charge is -2.36. The molecule has 1 N–H and O–H groups in total. The Bertz CT molecular complexity index is 254. The van der Waals surface area contributed by atoms with Gasteiger partial charge in [0, 0.05) is 20.1 Å². The molecule has 1 rings (SSSR count). The van der Waals surface area contributed by atoms with Crippen LogP contribution in [-0.2, 0) is 14.3 Å². The van der Waals surface area contributed by atoms with Gasteiger partial charge in [-0.15, -0.1) is 0 Å². The predicted molar refractivity (Wildman–Crippen MR) is 65.0 cm³/mol. The van der Waals surface area contributed by atoms with Crippen LogP contribution in [0.25, 0.3) is 0 Å². The van der Waals surface area contributed by atoms with Crippen molar-refractivity contribution in [3.05, 3.63) is 0 Å². The van der Waals surface area contributed by atoms with Crippen molar-refractivity contribution in [3.8, 4) is 0 Å². The van der Waals surface area contributed by atoms with E-state index in [1.54, 1.807) is 14.0 Å². The monoisotopic (exact) mass is 244 g/mol. The maximum atomic E-state index is 11.3. The highest BCUT2D eigenvalue weighted by molar-refractivity contribution is 5.76. The molecule has 1 aliphatic carbocycles. The lowest BCUT2D eigenvalue weighted by atomic mass is 9.87. The molecular weight excluding hydrogens is 220 g/mol. The first-order valence-corrected chi connectivity index (χ1v) is 6.40. The second-order valence-corrected chi connectivity index (χ2v) is 5.20. The molecule has 1 aliphatic rings. The van der Waals surface area contributed by atoms with Gasteiger partial charge in [0.05, 0.1) is 6.10 Å². The smallest absolute Gasteiger partial charge is 0.335 e. The summed E-state index contributed by atoms with van der Waals surface area (Å²) in [4.78, 5) is 11.3. The largest absolute Gasteiger partial charge is 0.479 e. The number of carbonyl (C=O) groups is 1. The van der Waals surface area contributed by atoms with E-state index in [4.69, 9.17) is 9.47 Å². The summed E-state index contributed by atoms with van der Waals surface area (Å²) in [6, 6.07) is 0. The molecule has 0 aliphatic heterocycles. The Labute approximate surface area is 103 Å². The highest BCUT2D eigenvalue weighted by Gasteiger charge is 2.38. The summed E-state index contributed by atoms with van der Waals surface area (Å²) in [5.41, 5.74) is -1.12. The number of methoxy groups -OCH3 is 1. The van der Waals surface area contributed by atoms with E-state index in [2.05, 4.69) is 6.92 Å². The molecule has 0 aromatic rings. The summed E-state index contributed by atoms with van der Waals surface area (Å²) in [6.07, 6.45) is 4.92. The Hall–Kier alpha value is -0.610. The minimum Gasteiger partial charge on any atom is -0.479 e. The number of carboxylic acid groups (broad SMARTS) is 1. The number of ether oxygens (including phenoxy) is 2. The molecule has 4 heteroatoms.